The van der Waals surface area contributed by atoms with E-state index in [-0.39, 0.29) is 24.5 Å². The van der Waals surface area contributed by atoms with Crippen LogP contribution < -0.4 is 10.0 Å². The topological polar surface area (TPSA) is 111 Å². The molecule has 0 heterocycles. The molecular weight excluding hydrogens is 396 g/mol. The molecule has 0 saturated carbocycles. The second kappa shape index (κ2) is 10.6. The summed E-state index contributed by atoms with van der Waals surface area (Å²) >= 11 is 0. The van der Waals surface area contributed by atoms with E-state index in [9.17, 15) is 18.0 Å². The van der Waals surface area contributed by atoms with E-state index >= 15 is 0 Å². The van der Waals surface area contributed by atoms with Crippen molar-refractivity contribution >= 4 is 27.8 Å². The molecule has 0 aliphatic carbocycles. The molecule has 1 atom stereocenters. The van der Waals surface area contributed by atoms with E-state index in [1.165, 1.54) is 24.3 Å². The highest BCUT2D eigenvalue weighted by Crippen LogP contribution is 2.16. The molecule has 0 radical (unpaired) electrons. The zero-order chi connectivity index (χ0) is 21.3. The van der Waals surface area contributed by atoms with Crippen molar-refractivity contribution < 1.29 is 27.5 Å². The second-order valence-corrected chi connectivity index (χ2v) is 7.70. The Morgan fingerprint density at radius 1 is 0.931 bits per heavy atom. The van der Waals surface area contributed by atoms with Crippen LogP contribution in [0.4, 0.5) is 10.5 Å². The van der Waals surface area contributed by atoms with Crippen molar-refractivity contribution in [3.05, 3.63) is 60.2 Å². The van der Waals surface area contributed by atoms with Crippen LogP contribution in [0.1, 0.15) is 19.4 Å². The molecular formula is C20H24N2O6S. The van der Waals surface area contributed by atoms with E-state index < -0.39 is 28.1 Å². The normalized spacial score (nSPS) is 12.1. The number of rotatable bonds is 9. The molecule has 0 saturated heterocycles. The first-order chi connectivity index (χ1) is 13.9. The Morgan fingerprint density at radius 2 is 1.55 bits per heavy atom. The number of sulfonamides is 1. The van der Waals surface area contributed by atoms with Gasteiger partial charge in [-0.3, -0.25) is 10.1 Å². The molecule has 0 fully saturated rings. The fourth-order valence-electron chi connectivity index (χ4n) is 2.52. The van der Waals surface area contributed by atoms with Crippen LogP contribution in [-0.2, 0) is 30.7 Å². The molecule has 0 aliphatic rings. The minimum atomic E-state index is -3.99. The quantitative estimate of drug-likeness (QED) is 0.604. The van der Waals surface area contributed by atoms with Gasteiger partial charge in [0.15, 0.2) is 0 Å². The summed E-state index contributed by atoms with van der Waals surface area (Å²) in [5, 5.41) is 2.48. The maximum atomic E-state index is 12.7. The third-order valence-corrected chi connectivity index (χ3v) is 5.33. The highest BCUT2D eigenvalue weighted by Gasteiger charge is 2.27. The van der Waals surface area contributed by atoms with E-state index in [1.807, 2.05) is 6.07 Å². The highest BCUT2D eigenvalue weighted by atomic mass is 32.2. The summed E-state index contributed by atoms with van der Waals surface area (Å²) in [6.45, 7) is 3.69. The molecule has 0 spiro atoms. The summed E-state index contributed by atoms with van der Waals surface area (Å²) < 4.78 is 37.7. The van der Waals surface area contributed by atoms with Crippen LogP contribution >= 0.6 is 0 Å². The van der Waals surface area contributed by atoms with Crippen LogP contribution in [0.3, 0.4) is 0 Å². The average molecular weight is 420 g/mol. The number of ether oxygens (including phenoxy) is 2. The summed E-state index contributed by atoms with van der Waals surface area (Å²) in [6.07, 6.45) is -0.479. The maximum Gasteiger partial charge on any atom is 0.411 e. The van der Waals surface area contributed by atoms with Crippen molar-refractivity contribution in [3.8, 4) is 0 Å². The van der Waals surface area contributed by atoms with Gasteiger partial charge in [0, 0.05) is 5.69 Å². The number of benzene rings is 2. The van der Waals surface area contributed by atoms with Gasteiger partial charge in [0.05, 0.1) is 18.1 Å². The van der Waals surface area contributed by atoms with E-state index in [1.54, 1.807) is 38.1 Å². The Labute approximate surface area is 170 Å². The van der Waals surface area contributed by atoms with E-state index in [2.05, 4.69) is 10.0 Å². The fourth-order valence-corrected chi connectivity index (χ4v) is 3.71. The van der Waals surface area contributed by atoms with Gasteiger partial charge in [-0.25, -0.2) is 13.2 Å². The first kappa shape index (κ1) is 22.4. The third kappa shape index (κ3) is 6.88. The average Bonchev–Trinajstić information content (AvgIpc) is 2.69. The van der Waals surface area contributed by atoms with E-state index in [0.29, 0.717) is 5.69 Å². The van der Waals surface area contributed by atoms with Crippen LogP contribution in [0.5, 0.6) is 0 Å². The van der Waals surface area contributed by atoms with Gasteiger partial charge in [-0.1, -0.05) is 30.3 Å². The number of anilines is 1. The Morgan fingerprint density at radius 3 is 2.14 bits per heavy atom. The third-order valence-electron chi connectivity index (χ3n) is 3.84. The molecule has 9 heteroatoms. The largest absolute Gasteiger partial charge is 0.465 e. The van der Waals surface area contributed by atoms with Crippen molar-refractivity contribution in [2.75, 3.05) is 18.5 Å². The number of hydrogen-bond acceptors (Lipinski definition) is 6. The predicted octanol–water partition coefficient (Wildman–Crippen LogP) is 2.71. The number of carbonyl (C=O) groups is 2. The highest BCUT2D eigenvalue weighted by molar-refractivity contribution is 7.89. The number of hydrogen-bond donors (Lipinski definition) is 2. The predicted molar refractivity (Wildman–Crippen MR) is 108 cm³/mol. The lowest BCUT2D eigenvalue weighted by molar-refractivity contribution is -0.145. The number of amides is 1. The number of nitrogens with one attached hydrogen (secondary N) is 2. The summed E-state index contributed by atoms with van der Waals surface area (Å²) in [6, 6.07) is 13.5. The first-order valence-electron chi connectivity index (χ1n) is 9.12. The number of esters is 1. The van der Waals surface area contributed by atoms with Gasteiger partial charge in [0.1, 0.15) is 6.04 Å². The number of carbonyl (C=O) groups excluding carboxylic acids is 2. The van der Waals surface area contributed by atoms with Crippen LogP contribution in [0.2, 0.25) is 0 Å². The summed E-state index contributed by atoms with van der Waals surface area (Å²) in [5.41, 5.74) is 1.18. The minimum absolute atomic E-state index is 0.0470. The molecule has 2 aromatic carbocycles. The lowest BCUT2D eigenvalue weighted by atomic mass is 10.1. The zero-order valence-corrected chi connectivity index (χ0v) is 17.1. The van der Waals surface area contributed by atoms with Crippen molar-refractivity contribution in [3.63, 3.8) is 0 Å². The zero-order valence-electron chi connectivity index (χ0n) is 16.3. The Balaban J connectivity index is 2.16. The van der Waals surface area contributed by atoms with Gasteiger partial charge >= 0.3 is 12.1 Å². The molecule has 0 bridgehead atoms. The van der Waals surface area contributed by atoms with Crippen molar-refractivity contribution in [2.45, 2.75) is 31.2 Å². The van der Waals surface area contributed by atoms with Gasteiger partial charge in [-0.2, -0.15) is 4.72 Å². The first-order valence-corrected chi connectivity index (χ1v) is 10.6. The maximum absolute atomic E-state index is 12.7. The van der Waals surface area contributed by atoms with Crippen LogP contribution in [0, 0.1) is 0 Å². The Bertz CT molecular complexity index is 914. The molecule has 2 N–H and O–H groups in total. The van der Waals surface area contributed by atoms with Gasteiger partial charge in [-0.05, 0) is 50.1 Å². The standard InChI is InChI=1S/C20H24N2O6S/c1-3-27-19(23)18(14-15-8-6-5-7-9-15)22-29(25,26)17-12-10-16(11-13-17)21-20(24)28-4-2/h5-13,18,22H,3-4,14H2,1-2H3,(H,21,24)/t18-/m0/s1. The van der Waals surface area contributed by atoms with Gasteiger partial charge in [0.25, 0.3) is 0 Å². The van der Waals surface area contributed by atoms with Gasteiger partial charge in [-0.15, -0.1) is 0 Å². The minimum Gasteiger partial charge on any atom is -0.465 e. The molecule has 0 unspecified atom stereocenters. The smallest absolute Gasteiger partial charge is 0.411 e. The molecule has 2 aromatic rings. The van der Waals surface area contributed by atoms with Crippen LogP contribution in [0.25, 0.3) is 0 Å². The molecule has 2 rings (SSSR count). The SMILES string of the molecule is CCOC(=O)Nc1ccc(S(=O)(=O)N[C@@H](Cc2ccccc2)C(=O)OCC)cc1. The fraction of sp³-hybridized carbons (Fsp3) is 0.300. The lowest BCUT2D eigenvalue weighted by Gasteiger charge is -2.18. The van der Waals surface area contributed by atoms with Crippen molar-refractivity contribution in [1.29, 1.82) is 0 Å². The van der Waals surface area contributed by atoms with Crippen LogP contribution in [-0.4, -0.2) is 39.7 Å². The van der Waals surface area contributed by atoms with E-state index in [0.717, 1.165) is 5.56 Å². The van der Waals surface area contributed by atoms with Gasteiger partial charge in [0.2, 0.25) is 10.0 Å². The molecule has 0 aliphatic heterocycles. The summed E-state index contributed by atoms with van der Waals surface area (Å²) in [7, 11) is -3.99. The van der Waals surface area contributed by atoms with Crippen molar-refractivity contribution in [1.82, 2.24) is 4.72 Å². The lowest BCUT2D eigenvalue weighted by Crippen LogP contribution is -2.43. The Hall–Kier alpha value is -2.91. The molecule has 1 amide bonds. The molecule has 0 aromatic heterocycles. The molecule has 29 heavy (non-hydrogen) atoms. The van der Waals surface area contributed by atoms with Crippen molar-refractivity contribution in [2.24, 2.45) is 0 Å². The monoisotopic (exact) mass is 420 g/mol. The van der Waals surface area contributed by atoms with E-state index in [4.69, 9.17) is 9.47 Å². The molecule has 156 valence electrons. The van der Waals surface area contributed by atoms with Gasteiger partial charge < -0.3 is 9.47 Å². The summed E-state index contributed by atoms with van der Waals surface area (Å²) in [4.78, 5) is 23.7. The van der Waals surface area contributed by atoms with Crippen LogP contribution in [0.15, 0.2) is 59.5 Å². The molecule has 8 nitrogen and oxygen atoms in total. The summed E-state index contributed by atoms with van der Waals surface area (Å²) in [5.74, 6) is -0.652. The second-order valence-electron chi connectivity index (χ2n) is 5.99. The Kier molecular flexibility index (Phi) is 8.17.